The summed E-state index contributed by atoms with van der Waals surface area (Å²) in [7, 11) is 0. The van der Waals surface area contributed by atoms with Crippen LogP contribution in [0, 0.1) is 0 Å². The van der Waals surface area contributed by atoms with Crippen LogP contribution in [0.3, 0.4) is 0 Å². The number of carbonyl (C=O) groups is 1. The number of aromatic nitrogens is 3. The molecule has 6 nitrogen and oxygen atoms in total. The van der Waals surface area contributed by atoms with Gasteiger partial charge in [0.15, 0.2) is 5.69 Å². The Bertz CT molecular complexity index is 506. The lowest BCUT2D eigenvalue weighted by molar-refractivity contribution is 0.0933. The van der Waals surface area contributed by atoms with Gasteiger partial charge in [0.05, 0.1) is 12.2 Å². The van der Waals surface area contributed by atoms with Crippen molar-refractivity contribution in [3.05, 3.63) is 11.9 Å². The molecule has 1 aliphatic heterocycles. The van der Waals surface area contributed by atoms with Gasteiger partial charge in [-0.05, 0) is 44.5 Å². The number of hydrogen-bond donors (Lipinski definition) is 2. The number of thioether (sulfide) groups is 1. The Balaban J connectivity index is 0.00000192. The topological polar surface area (TPSA) is 71.8 Å². The van der Waals surface area contributed by atoms with Crippen LogP contribution in [0.2, 0.25) is 0 Å². The van der Waals surface area contributed by atoms with Crippen LogP contribution >= 0.6 is 24.2 Å². The van der Waals surface area contributed by atoms with Crippen LogP contribution in [-0.2, 0) is 0 Å². The molecule has 2 atom stereocenters. The Morgan fingerprint density at radius 3 is 2.91 bits per heavy atom. The molecule has 1 aromatic rings. The van der Waals surface area contributed by atoms with E-state index < -0.39 is 0 Å². The Morgan fingerprint density at radius 2 is 2.17 bits per heavy atom. The summed E-state index contributed by atoms with van der Waals surface area (Å²) in [6, 6.07) is 0.645. The van der Waals surface area contributed by atoms with E-state index in [1.54, 1.807) is 0 Å². The van der Waals surface area contributed by atoms with Crippen LogP contribution in [0.1, 0.15) is 55.6 Å². The summed E-state index contributed by atoms with van der Waals surface area (Å²) < 4.78 is 1.86. The summed E-state index contributed by atoms with van der Waals surface area (Å²) in [5, 5.41) is 15.3. The number of hydrogen-bond acceptors (Lipinski definition) is 5. The number of amides is 1. The molecule has 0 aromatic carbocycles. The first-order chi connectivity index (χ1) is 10.8. The van der Waals surface area contributed by atoms with E-state index in [4.69, 9.17) is 0 Å². The lowest BCUT2D eigenvalue weighted by Gasteiger charge is -2.22. The molecule has 0 radical (unpaired) electrons. The molecular weight excluding hydrogens is 334 g/mol. The molecular formula is C15H26ClN5OS. The molecule has 1 aliphatic carbocycles. The van der Waals surface area contributed by atoms with Crippen molar-refractivity contribution in [1.29, 1.82) is 0 Å². The third kappa shape index (κ3) is 4.61. The number of nitrogens with one attached hydrogen (secondary N) is 2. The number of rotatable bonds is 5. The minimum absolute atomic E-state index is 0. The number of piperidine rings is 1. The van der Waals surface area contributed by atoms with Gasteiger partial charge in [-0.25, -0.2) is 4.68 Å². The van der Waals surface area contributed by atoms with Gasteiger partial charge in [-0.3, -0.25) is 4.79 Å². The van der Waals surface area contributed by atoms with Gasteiger partial charge in [-0.2, -0.15) is 11.8 Å². The number of halogens is 1. The maximum absolute atomic E-state index is 12.4. The second-order valence-corrected chi connectivity index (χ2v) is 7.59. The van der Waals surface area contributed by atoms with Crippen LogP contribution in [0.5, 0.6) is 0 Å². The average molecular weight is 360 g/mol. The second-order valence-electron chi connectivity index (χ2n) is 6.07. The Morgan fingerprint density at radius 1 is 1.39 bits per heavy atom. The van der Waals surface area contributed by atoms with E-state index in [1.165, 1.54) is 12.8 Å². The third-order valence-electron chi connectivity index (χ3n) is 4.58. The van der Waals surface area contributed by atoms with Crippen LogP contribution in [0.15, 0.2) is 6.20 Å². The molecule has 2 fully saturated rings. The van der Waals surface area contributed by atoms with Crippen molar-refractivity contribution in [3.8, 4) is 0 Å². The van der Waals surface area contributed by atoms with E-state index in [2.05, 4.69) is 27.9 Å². The van der Waals surface area contributed by atoms with E-state index >= 15 is 0 Å². The van der Waals surface area contributed by atoms with E-state index in [1.807, 2.05) is 22.6 Å². The summed E-state index contributed by atoms with van der Waals surface area (Å²) >= 11 is 1.95. The summed E-state index contributed by atoms with van der Waals surface area (Å²) in [5.41, 5.74) is 0.450. The van der Waals surface area contributed by atoms with E-state index in [0.717, 1.165) is 38.1 Å². The normalized spacial score (nSPS) is 25.1. The number of nitrogens with zero attached hydrogens (tertiary/aromatic N) is 3. The van der Waals surface area contributed by atoms with Crippen molar-refractivity contribution >= 4 is 30.1 Å². The van der Waals surface area contributed by atoms with E-state index in [-0.39, 0.29) is 24.4 Å². The summed E-state index contributed by atoms with van der Waals surface area (Å²) in [5.74, 6) is 1.02. The van der Waals surface area contributed by atoms with Gasteiger partial charge in [0.25, 0.3) is 5.91 Å². The predicted octanol–water partition coefficient (Wildman–Crippen LogP) is 2.03. The maximum atomic E-state index is 12.4. The molecule has 2 aliphatic rings. The van der Waals surface area contributed by atoms with E-state index in [9.17, 15) is 4.79 Å². The van der Waals surface area contributed by atoms with Crippen molar-refractivity contribution in [3.63, 3.8) is 0 Å². The van der Waals surface area contributed by atoms with E-state index in [0.29, 0.717) is 17.0 Å². The van der Waals surface area contributed by atoms with Gasteiger partial charge in [-0.15, -0.1) is 17.5 Å². The molecule has 2 N–H and O–H groups in total. The molecule has 3 rings (SSSR count). The highest BCUT2D eigenvalue weighted by Crippen LogP contribution is 2.30. The monoisotopic (exact) mass is 359 g/mol. The van der Waals surface area contributed by atoms with Crippen molar-refractivity contribution < 1.29 is 4.79 Å². The minimum atomic E-state index is -0.0752. The summed E-state index contributed by atoms with van der Waals surface area (Å²) in [6.45, 7) is 4.18. The lowest BCUT2D eigenvalue weighted by atomic mass is 10.1. The van der Waals surface area contributed by atoms with Crippen molar-refractivity contribution in [1.82, 2.24) is 25.6 Å². The van der Waals surface area contributed by atoms with Gasteiger partial charge in [-0.1, -0.05) is 18.6 Å². The molecule has 1 amide bonds. The highest BCUT2D eigenvalue weighted by Gasteiger charge is 2.29. The fourth-order valence-electron chi connectivity index (χ4n) is 3.38. The molecule has 0 bridgehead atoms. The lowest BCUT2D eigenvalue weighted by Crippen LogP contribution is -2.39. The number of carbonyl (C=O) groups excluding carboxylic acids is 1. The zero-order valence-electron chi connectivity index (χ0n) is 13.5. The first-order valence-electron chi connectivity index (χ1n) is 8.33. The fraction of sp³-hybridized carbons (Fsp3) is 0.800. The average Bonchev–Trinajstić information content (AvgIpc) is 3.19. The molecule has 1 saturated heterocycles. The summed E-state index contributed by atoms with van der Waals surface area (Å²) in [4.78, 5) is 12.4. The van der Waals surface area contributed by atoms with Gasteiger partial charge >= 0.3 is 0 Å². The third-order valence-corrected chi connectivity index (χ3v) is 5.90. The molecule has 8 heteroatoms. The van der Waals surface area contributed by atoms with Gasteiger partial charge in [0, 0.05) is 11.3 Å². The fourth-order valence-corrected chi connectivity index (χ4v) is 4.58. The Hall–Kier alpha value is -0.790. The summed E-state index contributed by atoms with van der Waals surface area (Å²) in [6.07, 6.45) is 7.37. The van der Waals surface area contributed by atoms with Gasteiger partial charge in [0.2, 0.25) is 0 Å². The molecule has 23 heavy (non-hydrogen) atoms. The molecule has 1 aromatic heterocycles. The molecule has 1 saturated carbocycles. The SMILES string of the molecule is CCSC1CCCC1NC(=O)c1cn(C2CCNCC2)nn1.Cl. The van der Waals surface area contributed by atoms with Crippen molar-refractivity contribution in [2.24, 2.45) is 0 Å². The van der Waals surface area contributed by atoms with Crippen LogP contribution < -0.4 is 10.6 Å². The smallest absolute Gasteiger partial charge is 0.273 e. The molecule has 130 valence electrons. The minimum Gasteiger partial charge on any atom is -0.347 e. The molecule has 2 unspecified atom stereocenters. The van der Waals surface area contributed by atoms with Crippen LogP contribution in [0.4, 0.5) is 0 Å². The first kappa shape index (κ1) is 18.5. The first-order valence-corrected chi connectivity index (χ1v) is 9.38. The highest BCUT2D eigenvalue weighted by atomic mass is 35.5. The largest absolute Gasteiger partial charge is 0.347 e. The van der Waals surface area contributed by atoms with Gasteiger partial charge in [0.1, 0.15) is 0 Å². The predicted molar refractivity (Wildman–Crippen MR) is 95.4 cm³/mol. The Kier molecular flexibility index (Phi) is 7.17. The zero-order chi connectivity index (χ0) is 15.4. The van der Waals surface area contributed by atoms with Crippen molar-refractivity contribution in [2.75, 3.05) is 18.8 Å². The quantitative estimate of drug-likeness (QED) is 0.841. The molecule has 2 heterocycles. The standard InChI is InChI=1S/C15H25N5OS.ClH/c1-2-22-14-5-3-4-12(14)17-15(21)13-10-20(19-18-13)11-6-8-16-9-7-11;/h10-12,14,16H,2-9H2,1H3,(H,17,21);1H. The second kappa shape index (κ2) is 8.89. The van der Waals surface area contributed by atoms with Crippen molar-refractivity contribution in [2.45, 2.75) is 56.4 Å². The Labute approximate surface area is 147 Å². The maximum Gasteiger partial charge on any atom is 0.273 e. The highest BCUT2D eigenvalue weighted by molar-refractivity contribution is 7.99. The molecule has 0 spiro atoms. The van der Waals surface area contributed by atoms with Gasteiger partial charge < -0.3 is 10.6 Å². The van der Waals surface area contributed by atoms with Crippen LogP contribution in [-0.4, -0.2) is 51.0 Å². The van der Waals surface area contributed by atoms with Crippen LogP contribution in [0.25, 0.3) is 0 Å². The zero-order valence-corrected chi connectivity index (χ0v) is 15.2.